The lowest BCUT2D eigenvalue weighted by molar-refractivity contribution is 1.08. The maximum absolute atomic E-state index is 4.94. The van der Waals surface area contributed by atoms with Crippen molar-refractivity contribution >= 4 is 35.3 Å². The van der Waals surface area contributed by atoms with Gasteiger partial charge in [-0.1, -0.05) is 18.2 Å². The topological polar surface area (TPSA) is 57.4 Å². The van der Waals surface area contributed by atoms with E-state index in [1.54, 1.807) is 23.1 Å². The molecule has 0 aliphatic carbocycles. The van der Waals surface area contributed by atoms with Crippen LogP contribution in [0.5, 0.6) is 0 Å². The summed E-state index contributed by atoms with van der Waals surface area (Å²) in [7, 11) is 0. The van der Waals surface area contributed by atoms with Gasteiger partial charge in [0.2, 0.25) is 4.77 Å². The minimum absolute atomic E-state index is 0.462. The maximum atomic E-state index is 4.94. The third-order valence-electron chi connectivity index (χ3n) is 2.39. The van der Waals surface area contributed by atoms with Gasteiger partial charge in [0.15, 0.2) is 5.82 Å². The average Bonchev–Trinajstić information content (AvgIpc) is 3.06. The van der Waals surface area contributed by atoms with Crippen LogP contribution in [0.15, 0.2) is 41.4 Å². The number of thioether (sulfide) groups is 1. The summed E-state index contributed by atoms with van der Waals surface area (Å²) >= 11 is 8.34. The highest BCUT2D eigenvalue weighted by Gasteiger charge is 2.07. The summed E-state index contributed by atoms with van der Waals surface area (Å²) in [4.78, 5) is 10.8. The largest absolute Gasteiger partial charge is 0.281 e. The molecule has 0 amide bonds. The molecule has 0 radical (unpaired) electrons. The molecule has 1 aromatic carbocycles. The number of nitrogens with zero attached hydrogens (tertiary/aromatic N) is 2. The Balaban J connectivity index is 1.70. The molecule has 7 heteroatoms. The monoisotopic (exact) mass is 306 g/mol. The summed E-state index contributed by atoms with van der Waals surface area (Å²) in [5, 5.41) is 6.79. The molecule has 19 heavy (non-hydrogen) atoms. The number of hydrogen-bond acceptors (Lipinski definition) is 5. The molecule has 0 bridgehead atoms. The highest BCUT2D eigenvalue weighted by atomic mass is 32.2. The van der Waals surface area contributed by atoms with Crippen LogP contribution in [0.3, 0.4) is 0 Å². The second-order valence-electron chi connectivity index (χ2n) is 3.74. The van der Waals surface area contributed by atoms with Gasteiger partial charge in [-0.2, -0.15) is 4.98 Å². The Morgan fingerprint density at radius 2 is 2.05 bits per heavy atom. The molecule has 4 nitrogen and oxygen atoms in total. The molecule has 0 aliphatic rings. The van der Waals surface area contributed by atoms with Crippen molar-refractivity contribution in [3.05, 3.63) is 46.3 Å². The number of nitrogens with one attached hydrogen (secondary N) is 2. The van der Waals surface area contributed by atoms with E-state index >= 15 is 0 Å². The first kappa shape index (κ1) is 12.6. The van der Waals surface area contributed by atoms with Gasteiger partial charge in [0.1, 0.15) is 5.01 Å². The van der Waals surface area contributed by atoms with Crippen LogP contribution in [0.1, 0.15) is 5.01 Å². The van der Waals surface area contributed by atoms with Crippen LogP contribution in [0, 0.1) is 4.77 Å². The van der Waals surface area contributed by atoms with Gasteiger partial charge in [0, 0.05) is 11.1 Å². The minimum atomic E-state index is 0.462. The van der Waals surface area contributed by atoms with Gasteiger partial charge in [-0.25, -0.2) is 4.98 Å². The van der Waals surface area contributed by atoms with Gasteiger partial charge in [0.25, 0.3) is 0 Å². The molecule has 0 spiro atoms. The molecule has 3 rings (SSSR count). The Labute approximate surface area is 123 Å². The molecule has 96 valence electrons. The fraction of sp³-hybridized carbons (Fsp3) is 0.0833. The average molecular weight is 306 g/mol. The number of H-pyrrole nitrogens is 2. The summed E-state index contributed by atoms with van der Waals surface area (Å²) in [6.07, 6.45) is 1.83. The normalized spacial score (nSPS) is 10.7. The van der Waals surface area contributed by atoms with E-state index in [9.17, 15) is 0 Å². The van der Waals surface area contributed by atoms with Crippen LogP contribution in [0.25, 0.3) is 10.7 Å². The molecule has 2 heterocycles. The van der Waals surface area contributed by atoms with Crippen LogP contribution in [-0.2, 0) is 5.75 Å². The zero-order valence-electron chi connectivity index (χ0n) is 9.79. The molecule has 0 saturated heterocycles. The quantitative estimate of drug-likeness (QED) is 0.567. The standard InChI is InChI=1S/C12H10N4S3/c17-12-14-11(15-16-12)9-6-13-10(19-9)7-18-8-4-2-1-3-5-8/h1-6H,7H2,(H2,14,15,16,17). The van der Waals surface area contributed by atoms with Crippen molar-refractivity contribution in [1.29, 1.82) is 0 Å². The summed E-state index contributed by atoms with van der Waals surface area (Å²) in [6, 6.07) is 10.3. The SMILES string of the molecule is S=c1nc(-c2cnc(CSc3ccccc3)s2)[nH][nH]1. The van der Waals surface area contributed by atoms with Crippen LogP contribution in [0.2, 0.25) is 0 Å². The summed E-state index contributed by atoms with van der Waals surface area (Å²) in [5.74, 6) is 1.61. The zero-order valence-corrected chi connectivity index (χ0v) is 12.2. The van der Waals surface area contributed by atoms with E-state index in [4.69, 9.17) is 12.2 Å². The van der Waals surface area contributed by atoms with Crippen LogP contribution >= 0.6 is 35.3 Å². The predicted octanol–water partition coefficient (Wildman–Crippen LogP) is 3.88. The Kier molecular flexibility index (Phi) is 3.77. The van der Waals surface area contributed by atoms with Crippen molar-refractivity contribution in [2.24, 2.45) is 0 Å². The van der Waals surface area contributed by atoms with E-state index in [0.29, 0.717) is 4.77 Å². The Bertz CT molecular complexity index is 714. The van der Waals surface area contributed by atoms with E-state index in [1.165, 1.54) is 4.90 Å². The molecule has 3 aromatic rings. The van der Waals surface area contributed by atoms with Crippen LogP contribution in [-0.4, -0.2) is 20.2 Å². The van der Waals surface area contributed by atoms with Gasteiger partial charge >= 0.3 is 0 Å². The predicted molar refractivity (Wildman–Crippen MR) is 80.9 cm³/mol. The number of hydrogen-bond donors (Lipinski definition) is 2. The van der Waals surface area contributed by atoms with Crippen molar-refractivity contribution in [1.82, 2.24) is 20.2 Å². The van der Waals surface area contributed by atoms with Crippen molar-refractivity contribution in [2.45, 2.75) is 10.6 Å². The van der Waals surface area contributed by atoms with Crippen molar-refractivity contribution < 1.29 is 0 Å². The third kappa shape index (κ3) is 3.12. The lowest BCUT2D eigenvalue weighted by atomic mass is 10.4. The number of aromatic nitrogens is 4. The second kappa shape index (κ2) is 5.68. The lowest BCUT2D eigenvalue weighted by Gasteiger charge is -1.97. The van der Waals surface area contributed by atoms with Crippen LogP contribution < -0.4 is 0 Å². The number of aromatic amines is 2. The van der Waals surface area contributed by atoms with Gasteiger partial charge in [-0.3, -0.25) is 10.2 Å². The summed E-state index contributed by atoms with van der Waals surface area (Å²) in [5.41, 5.74) is 0. The summed E-state index contributed by atoms with van der Waals surface area (Å²) in [6.45, 7) is 0. The second-order valence-corrected chi connectivity index (χ2v) is 6.29. The van der Waals surface area contributed by atoms with Gasteiger partial charge in [-0.05, 0) is 24.4 Å². The minimum Gasteiger partial charge on any atom is -0.281 e. The molecular weight excluding hydrogens is 296 g/mol. The van der Waals surface area contributed by atoms with Crippen molar-refractivity contribution in [3.8, 4) is 10.7 Å². The first-order valence-electron chi connectivity index (χ1n) is 5.59. The fourth-order valence-electron chi connectivity index (χ4n) is 1.54. The van der Waals surface area contributed by atoms with Crippen molar-refractivity contribution in [3.63, 3.8) is 0 Å². The third-order valence-corrected chi connectivity index (χ3v) is 4.80. The Hall–Kier alpha value is -1.44. The molecule has 0 saturated carbocycles. The molecular formula is C12H10N4S3. The smallest absolute Gasteiger partial charge is 0.213 e. The van der Waals surface area contributed by atoms with Gasteiger partial charge in [0.05, 0.1) is 10.6 Å². The highest BCUT2D eigenvalue weighted by molar-refractivity contribution is 7.98. The number of benzene rings is 1. The Morgan fingerprint density at radius 3 is 2.79 bits per heavy atom. The molecule has 0 aliphatic heterocycles. The van der Waals surface area contributed by atoms with Crippen molar-refractivity contribution in [2.75, 3.05) is 0 Å². The van der Waals surface area contributed by atoms with Crippen LogP contribution in [0.4, 0.5) is 0 Å². The first-order chi connectivity index (χ1) is 9.31. The Morgan fingerprint density at radius 1 is 1.21 bits per heavy atom. The molecule has 0 fully saturated rings. The van der Waals surface area contributed by atoms with E-state index in [-0.39, 0.29) is 0 Å². The number of rotatable bonds is 4. The summed E-state index contributed by atoms with van der Waals surface area (Å²) < 4.78 is 0.462. The number of thiazole rings is 1. The van der Waals surface area contributed by atoms with E-state index in [0.717, 1.165) is 21.5 Å². The molecule has 0 unspecified atom stereocenters. The lowest BCUT2D eigenvalue weighted by Crippen LogP contribution is -1.76. The van der Waals surface area contributed by atoms with E-state index in [2.05, 4.69) is 32.3 Å². The zero-order chi connectivity index (χ0) is 13.1. The highest BCUT2D eigenvalue weighted by Crippen LogP contribution is 2.28. The molecule has 0 atom stereocenters. The molecule has 2 aromatic heterocycles. The molecule has 2 N–H and O–H groups in total. The van der Waals surface area contributed by atoms with Gasteiger partial charge < -0.3 is 0 Å². The maximum Gasteiger partial charge on any atom is 0.213 e. The van der Waals surface area contributed by atoms with Gasteiger partial charge in [-0.15, -0.1) is 23.1 Å². The van der Waals surface area contributed by atoms with E-state index in [1.807, 2.05) is 24.4 Å². The van der Waals surface area contributed by atoms with E-state index < -0.39 is 0 Å². The fourth-order valence-corrected chi connectivity index (χ4v) is 3.46. The first-order valence-corrected chi connectivity index (χ1v) is 7.80.